The van der Waals surface area contributed by atoms with Crippen molar-refractivity contribution in [1.29, 1.82) is 5.41 Å². The molecule has 5 heteroatoms. The molecule has 1 aromatic heterocycles. The van der Waals surface area contributed by atoms with Gasteiger partial charge in [0.05, 0.1) is 23.2 Å². The van der Waals surface area contributed by atoms with Crippen LogP contribution in [0, 0.1) is 18.3 Å². The molecule has 3 rings (SSSR count). The fourth-order valence-electron chi connectivity index (χ4n) is 3.51. The number of hydrogen-bond donors (Lipinski definition) is 3. The highest BCUT2D eigenvalue weighted by Crippen LogP contribution is 2.29. The Morgan fingerprint density at radius 2 is 2.16 bits per heavy atom. The van der Waals surface area contributed by atoms with Gasteiger partial charge in [0.2, 0.25) is 0 Å². The maximum absolute atomic E-state index is 10.5. The van der Waals surface area contributed by atoms with Crippen molar-refractivity contribution in [2.24, 2.45) is 5.92 Å². The second-order valence-electron chi connectivity index (χ2n) is 7.07. The Labute approximate surface area is 149 Å². The van der Waals surface area contributed by atoms with Gasteiger partial charge in [-0.2, -0.15) is 0 Å². The smallest absolute Gasteiger partial charge is 0.145 e. The van der Waals surface area contributed by atoms with Crippen molar-refractivity contribution in [2.75, 3.05) is 13.1 Å². The number of nitrogens with zero attached hydrogens (tertiary/aromatic N) is 2. The Morgan fingerprint density at radius 1 is 1.36 bits per heavy atom. The van der Waals surface area contributed by atoms with E-state index in [1.54, 1.807) is 0 Å². The summed E-state index contributed by atoms with van der Waals surface area (Å²) in [5.74, 6) is 1.77. The molecule has 1 aliphatic heterocycles. The van der Waals surface area contributed by atoms with Crippen molar-refractivity contribution in [1.82, 2.24) is 14.9 Å². The number of aryl methyl sites for hydroxylation is 1. The molecule has 0 spiro atoms. The number of aromatic amines is 1. The van der Waals surface area contributed by atoms with Gasteiger partial charge in [-0.1, -0.05) is 39.2 Å². The monoisotopic (exact) mass is 340 g/mol. The van der Waals surface area contributed by atoms with E-state index in [0.717, 1.165) is 29.6 Å². The SMILES string of the molecule is CCCC[C@@H](CC)CN1CC(O)=C(c2nc3ccc(C)cc3[nH]2)C1=N. The minimum absolute atomic E-state index is 0.242. The highest BCUT2D eigenvalue weighted by Gasteiger charge is 2.31. The van der Waals surface area contributed by atoms with E-state index < -0.39 is 0 Å². The predicted octanol–water partition coefficient (Wildman–Crippen LogP) is 4.65. The molecular formula is C20H28N4O. The van der Waals surface area contributed by atoms with Gasteiger partial charge in [0.1, 0.15) is 17.4 Å². The number of rotatable bonds is 7. The van der Waals surface area contributed by atoms with E-state index in [1.165, 1.54) is 19.3 Å². The number of aromatic nitrogens is 2. The normalized spacial score (nSPS) is 16.3. The minimum atomic E-state index is 0.242. The van der Waals surface area contributed by atoms with Crippen LogP contribution in [0.3, 0.4) is 0 Å². The van der Waals surface area contributed by atoms with E-state index >= 15 is 0 Å². The zero-order chi connectivity index (χ0) is 18.0. The highest BCUT2D eigenvalue weighted by molar-refractivity contribution is 6.23. The summed E-state index contributed by atoms with van der Waals surface area (Å²) in [5.41, 5.74) is 3.50. The summed E-state index contributed by atoms with van der Waals surface area (Å²) >= 11 is 0. The summed E-state index contributed by atoms with van der Waals surface area (Å²) in [6, 6.07) is 6.03. The lowest BCUT2D eigenvalue weighted by molar-refractivity contribution is 0.298. The van der Waals surface area contributed by atoms with Gasteiger partial charge < -0.3 is 15.0 Å². The number of hydrogen-bond acceptors (Lipinski definition) is 3. The van der Waals surface area contributed by atoms with Crippen molar-refractivity contribution in [3.63, 3.8) is 0 Å². The molecule has 0 saturated carbocycles. The van der Waals surface area contributed by atoms with Crippen LogP contribution in [-0.4, -0.2) is 38.9 Å². The van der Waals surface area contributed by atoms with Gasteiger partial charge in [-0.25, -0.2) is 4.98 Å². The first-order valence-electron chi connectivity index (χ1n) is 9.26. The standard InChI is InChI=1S/C20H28N4O/c1-4-6-7-14(5-2)11-24-12-17(25)18(19(24)21)20-22-15-9-8-13(3)10-16(15)23-20/h8-10,14,21,25H,4-7,11-12H2,1-3H3,(H,22,23)/t14-/m1/s1. The number of aliphatic hydroxyl groups is 1. The molecule has 3 N–H and O–H groups in total. The van der Waals surface area contributed by atoms with E-state index in [0.29, 0.717) is 29.7 Å². The first-order chi connectivity index (χ1) is 12.0. The van der Waals surface area contributed by atoms with Crippen LogP contribution in [0.1, 0.15) is 50.9 Å². The number of H-pyrrole nitrogens is 1. The lowest BCUT2D eigenvalue weighted by atomic mass is 9.99. The van der Waals surface area contributed by atoms with Crippen molar-refractivity contribution in [3.05, 3.63) is 35.3 Å². The van der Waals surface area contributed by atoms with Crippen molar-refractivity contribution >= 4 is 22.4 Å². The topological polar surface area (TPSA) is 76.0 Å². The maximum atomic E-state index is 10.5. The van der Waals surface area contributed by atoms with Crippen LogP contribution in [-0.2, 0) is 0 Å². The van der Waals surface area contributed by atoms with Gasteiger partial charge in [-0.3, -0.25) is 5.41 Å². The van der Waals surface area contributed by atoms with Gasteiger partial charge in [0.15, 0.2) is 0 Å². The minimum Gasteiger partial charge on any atom is -0.510 e. The Bertz CT molecular complexity index is 805. The van der Waals surface area contributed by atoms with Crippen LogP contribution < -0.4 is 0 Å². The molecule has 0 saturated heterocycles. The maximum Gasteiger partial charge on any atom is 0.145 e. The molecular weight excluding hydrogens is 312 g/mol. The zero-order valence-electron chi connectivity index (χ0n) is 15.4. The lowest BCUT2D eigenvalue weighted by Crippen LogP contribution is -2.32. The van der Waals surface area contributed by atoms with Crippen LogP contribution >= 0.6 is 0 Å². The third kappa shape index (κ3) is 3.55. The number of nitrogens with one attached hydrogen (secondary N) is 2. The second kappa shape index (κ2) is 7.30. The number of imidazole rings is 1. The molecule has 0 radical (unpaired) electrons. The van der Waals surface area contributed by atoms with Crippen LogP contribution in [0.4, 0.5) is 0 Å². The summed E-state index contributed by atoms with van der Waals surface area (Å²) in [6.45, 7) is 7.68. The first-order valence-corrected chi connectivity index (χ1v) is 9.26. The van der Waals surface area contributed by atoms with Crippen molar-refractivity contribution < 1.29 is 5.11 Å². The average molecular weight is 340 g/mol. The van der Waals surface area contributed by atoms with Gasteiger partial charge in [0.25, 0.3) is 0 Å². The Hall–Kier alpha value is -2.30. The van der Waals surface area contributed by atoms with E-state index in [2.05, 4.69) is 23.8 Å². The number of unbranched alkanes of at least 4 members (excludes halogenated alkanes) is 1. The molecule has 0 amide bonds. The predicted molar refractivity (Wildman–Crippen MR) is 103 cm³/mol. The fraction of sp³-hybridized carbons (Fsp3) is 0.500. The number of fused-ring (bicyclic) bond motifs is 1. The summed E-state index contributed by atoms with van der Waals surface area (Å²) in [5, 5.41) is 19.0. The third-order valence-electron chi connectivity index (χ3n) is 5.08. The summed E-state index contributed by atoms with van der Waals surface area (Å²) < 4.78 is 0. The summed E-state index contributed by atoms with van der Waals surface area (Å²) in [7, 11) is 0. The average Bonchev–Trinajstić information content (AvgIpc) is 3.11. The third-order valence-corrected chi connectivity index (χ3v) is 5.08. The quantitative estimate of drug-likeness (QED) is 0.686. The lowest BCUT2D eigenvalue weighted by Gasteiger charge is -2.24. The van der Waals surface area contributed by atoms with E-state index in [9.17, 15) is 5.11 Å². The Kier molecular flexibility index (Phi) is 5.11. The first kappa shape index (κ1) is 17.5. The molecule has 2 heterocycles. The molecule has 2 aromatic rings. The zero-order valence-corrected chi connectivity index (χ0v) is 15.4. The van der Waals surface area contributed by atoms with Crippen LogP contribution in [0.25, 0.3) is 16.6 Å². The molecule has 1 aliphatic rings. The summed E-state index contributed by atoms with van der Waals surface area (Å²) in [6.07, 6.45) is 4.69. The highest BCUT2D eigenvalue weighted by atomic mass is 16.3. The van der Waals surface area contributed by atoms with Gasteiger partial charge in [-0.05, 0) is 37.0 Å². The van der Waals surface area contributed by atoms with Crippen LogP contribution in [0.2, 0.25) is 0 Å². The molecule has 1 atom stereocenters. The van der Waals surface area contributed by atoms with Gasteiger partial charge in [0, 0.05) is 6.54 Å². The van der Waals surface area contributed by atoms with E-state index in [1.807, 2.05) is 30.0 Å². The van der Waals surface area contributed by atoms with Crippen molar-refractivity contribution in [3.8, 4) is 0 Å². The second-order valence-corrected chi connectivity index (χ2v) is 7.07. The number of amidine groups is 1. The largest absolute Gasteiger partial charge is 0.510 e. The molecule has 5 nitrogen and oxygen atoms in total. The summed E-state index contributed by atoms with van der Waals surface area (Å²) in [4.78, 5) is 9.82. The fourth-order valence-corrected chi connectivity index (χ4v) is 3.51. The van der Waals surface area contributed by atoms with Gasteiger partial charge in [-0.15, -0.1) is 0 Å². The van der Waals surface area contributed by atoms with Crippen molar-refractivity contribution in [2.45, 2.75) is 46.5 Å². The Morgan fingerprint density at radius 3 is 2.88 bits per heavy atom. The van der Waals surface area contributed by atoms with Gasteiger partial charge >= 0.3 is 0 Å². The molecule has 25 heavy (non-hydrogen) atoms. The molecule has 0 bridgehead atoms. The van der Waals surface area contributed by atoms with E-state index in [4.69, 9.17) is 5.41 Å². The Balaban J connectivity index is 1.79. The van der Waals surface area contributed by atoms with E-state index in [-0.39, 0.29) is 5.76 Å². The molecule has 0 fully saturated rings. The van der Waals surface area contributed by atoms with Crippen LogP contribution in [0.5, 0.6) is 0 Å². The number of aliphatic hydroxyl groups excluding tert-OH is 1. The van der Waals surface area contributed by atoms with Crippen LogP contribution in [0.15, 0.2) is 24.0 Å². The number of benzene rings is 1. The molecule has 1 aromatic carbocycles. The molecule has 0 aliphatic carbocycles. The molecule has 0 unspecified atom stereocenters. The molecule has 134 valence electrons.